The lowest BCUT2D eigenvalue weighted by atomic mass is 10.2. The first-order chi connectivity index (χ1) is 7.20. The third-order valence-electron chi connectivity index (χ3n) is 2.96. The molecule has 0 radical (unpaired) electrons. The number of rotatable bonds is 4. The van der Waals surface area contributed by atoms with E-state index in [9.17, 15) is 0 Å². The Hall–Kier alpha value is -0.570. The number of anilines is 1. The number of pyridine rings is 1. The van der Waals surface area contributed by atoms with Gasteiger partial charge in [0.2, 0.25) is 0 Å². The Morgan fingerprint density at radius 1 is 1.60 bits per heavy atom. The molecular weight excluding hydrogens is 252 g/mol. The molecule has 2 nitrogen and oxygen atoms in total. The lowest BCUT2D eigenvalue weighted by Gasteiger charge is -2.06. The maximum Gasteiger partial charge on any atom is 0.126 e. The van der Waals surface area contributed by atoms with Crippen LogP contribution in [-0.2, 0) is 0 Å². The van der Waals surface area contributed by atoms with Gasteiger partial charge in [0, 0.05) is 16.7 Å². The number of hydrogen-bond acceptors (Lipinski definition) is 2. The monoisotopic (exact) mass is 268 g/mol. The van der Waals surface area contributed by atoms with Gasteiger partial charge in [0.1, 0.15) is 5.82 Å². The van der Waals surface area contributed by atoms with Crippen LogP contribution < -0.4 is 5.32 Å². The van der Waals surface area contributed by atoms with Crippen molar-refractivity contribution in [2.75, 3.05) is 5.32 Å². The Morgan fingerprint density at radius 2 is 2.40 bits per heavy atom. The number of nitrogens with one attached hydrogen (secondary N) is 1. The maximum atomic E-state index is 4.36. The number of nitrogens with zero attached hydrogens (tertiary/aromatic N) is 1. The van der Waals surface area contributed by atoms with E-state index in [0.717, 1.165) is 16.2 Å². The zero-order valence-corrected chi connectivity index (χ0v) is 10.8. The Bertz CT molecular complexity index is 351. The van der Waals surface area contributed by atoms with Gasteiger partial charge in [-0.15, -0.1) is 0 Å². The van der Waals surface area contributed by atoms with Crippen LogP contribution in [0.2, 0.25) is 0 Å². The minimum atomic E-state index is 0.665. The van der Waals surface area contributed by atoms with Crippen molar-refractivity contribution < 1.29 is 0 Å². The van der Waals surface area contributed by atoms with Gasteiger partial charge in [-0.2, -0.15) is 0 Å². The molecule has 0 spiro atoms. The van der Waals surface area contributed by atoms with E-state index < -0.39 is 0 Å². The third kappa shape index (κ3) is 2.71. The van der Waals surface area contributed by atoms with Crippen molar-refractivity contribution in [1.29, 1.82) is 0 Å². The molecule has 0 aromatic carbocycles. The van der Waals surface area contributed by atoms with E-state index in [1.807, 2.05) is 6.20 Å². The summed E-state index contributed by atoms with van der Waals surface area (Å²) in [6, 6.07) is 2.77. The van der Waals surface area contributed by atoms with E-state index in [-0.39, 0.29) is 0 Å². The first-order valence-corrected chi connectivity index (χ1v) is 6.38. The number of aromatic nitrogens is 1. The van der Waals surface area contributed by atoms with Crippen LogP contribution in [0.25, 0.3) is 0 Å². The highest BCUT2D eigenvalue weighted by Crippen LogP contribution is 2.37. The van der Waals surface area contributed by atoms with Crippen molar-refractivity contribution in [2.45, 2.75) is 39.2 Å². The first-order valence-electron chi connectivity index (χ1n) is 5.59. The van der Waals surface area contributed by atoms with Crippen LogP contribution in [0.1, 0.15) is 31.7 Å². The molecule has 1 saturated carbocycles. The van der Waals surface area contributed by atoms with Gasteiger partial charge in [-0.3, -0.25) is 0 Å². The predicted octanol–water partition coefficient (Wildman–Crippen LogP) is 3.75. The molecule has 82 valence electrons. The Balaban J connectivity index is 1.92. The molecule has 1 aromatic rings. The maximum absolute atomic E-state index is 4.36. The van der Waals surface area contributed by atoms with Gasteiger partial charge in [0.25, 0.3) is 0 Å². The van der Waals surface area contributed by atoms with E-state index in [1.54, 1.807) is 0 Å². The van der Waals surface area contributed by atoms with E-state index >= 15 is 0 Å². The predicted molar refractivity (Wildman–Crippen MR) is 67.1 cm³/mol. The van der Waals surface area contributed by atoms with Crippen LogP contribution >= 0.6 is 15.9 Å². The SMILES string of the molecule is CCCC1CC1Nc1cc(C)c(Br)cn1. The zero-order chi connectivity index (χ0) is 10.8. The van der Waals surface area contributed by atoms with Crippen molar-refractivity contribution in [3.63, 3.8) is 0 Å². The first kappa shape index (κ1) is 10.9. The molecule has 0 saturated heterocycles. The second-order valence-corrected chi connectivity index (χ2v) is 5.21. The molecule has 0 bridgehead atoms. The average Bonchev–Trinajstić information content (AvgIpc) is 2.91. The Morgan fingerprint density at radius 3 is 3.07 bits per heavy atom. The largest absolute Gasteiger partial charge is 0.367 e. The summed E-state index contributed by atoms with van der Waals surface area (Å²) in [6.07, 6.45) is 5.81. The molecule has 0 aliphatic heterocycles. The van der Waals surface area contributed by atoms with Gasteiger partial charge in [-0.1, -0.05) is 13.3 Å². The second kappa shape index (κ2) is 4.52. The van der Waals surface area contributed by atoms with E-state index in [4.69, 9.17) is 0 Å². The molecule has 2 unspecified atom stereocenters. The summed E-state index contributed by atoms with van der Waals surface area (Å²) in [5.41, 5.74) is 1.24. The van der Waals surface area contributed by atoms with Crippen LogP contribution in [-0.4, -0.2) is 11.0 Å². The molecular formula is C12H17BrN2. The topological polar surface area (TPSA) is 24.9 Å². The van der Waals surface area contributed by atoms with Crippen molar-refractivity contribution in [3.05, 3.63) is 22.3 Å². The molecule has 15 heavy (non-hydrogen) atoms. The number of halogens is 1. The fourth-order valence-corrected chi connectivity index (χ4v) is 2.14. The van der Waals surface area contributed by atoms with Crippen molar-refractivity contribution in [2.24, 2.45) is 5.92 Å². The standard InChI is InChI=1S/C12H17BrN2/c1-3-4-9-6-11(9)15-12-5-8(2)10(13)7-14-12/h5,7,9,11H,3-4,6H2,1-2H3,(H,14,15). The Kier molecular flexibility index (Phi) is 3.29. The van der Waals surface area contributed by atoms with Gasteiger partial charge in [-0.05, 0) is 53.2 Å². The molecule has 0 amide bonds. The van der Waals surface area contributed by atoms with Gasteiger partial charge in [0.15, 0.2) is 0 Å². The smallest absolute Gasteiger partial charge is 0.126 e. The van der Waals surface area contributed by atoms with Crippen LogP contribution in [0.3, 0.4) is 0 Å². The highest BCUT2D eigenvalue weighted by Gasteiger charge is 2.36. The third-order valence-corrected chi connectivity index (χ3v) is 3.79. The molecule has 2 atom stereocenters. The quantitative estimate of drug-likeness (QED) is 0.900. The van der Waals surface area contributed by atoms with Crippen LogP contribution in [0.4, 0.5) is 5.82 Å². The summed E-state index contributed by atoms with van der Waals surface area (Å²) in [5, 5.41) is 3.49. The Labute approximate surface area is 99.6 Å². The lowest BCUT2D eigenvalue weighted by molar-refractivity contribution is 0.692. The van der Waals surface area contributed by atoms with Gasteiger partial charge in [0.05, 0.1) is 0 Å². The second-order valence-electron chi connectivity index (χ2n) is 4.35. The van der Waals surface area contributed by atoms with Gasteiger partial charge < -0.3 is 5.32 Å². The molecule has 1 aromatic heterocycles. The summed E-state index contributed by atoms with van der Waals surface area (Å²) >= 11 is 3.46. The summed E-state index contributed by atoms with van der Waals surface area (Å²) in [5.74, 6) is 1.89. The zero-order valence-electron chi connectivity index (χ0n) is 9.26. The van der Waals surface area contributed by atoms with Gasteiger partial charge in [-0.25, -0.2) is 4.98 Å². The average molecular weight is 269 g/mol. The molecule has 1 aliphatic rings. The minimum Gasteiger partial charge on any atom is -0.367 e. The van der Waals surface area contributed by atoms with Crippen molar-refractivity contribution in [3.8, 4) is 0 Å². The normalized spacial score (nSPS) is 23.9. The van der Waals surface area contributed by atoms with Gasteiger partial charge >= 0.3 is 0 Å². The van der Waals surface area contributed by atoms with Crippen molar-refractivity contribution >= 4 is 21.7 Å². The van der Waals surface area contributed by atoms with Crippen LogP contribution in [0.5, 0.6) is 0 Å². The highest BCUT2D eigenvalue weighted by atomic mass is 79.9. The van der Waals surface area contributed by atoms with E-state index in [0.29, 0.717) is 6.04 Å². The number of hydrogen-bond donors (Lipinski definition) is 1. The molecule has 3 heteroatoms. The van der Waals surface area contributed by atoms with Crippen molar-refractivity contribution in [1.82, 2.24) is 4.98 Å². The molecule has 2 rings (SSSR count). The molecule has 1 fully saturated rings. The highest BCUT2D eigenvalue weighted by molar-refractivity contribution is 9.10. The van der Waals surface area contributed by atoms with E-state index in [2.05, 4.69) is 46.1 Å². The fraction of sp³-hybridized carbons (Fsp3) is 0.583. The van der Waals surface area contributed by atoms with E-state index in [1.165, 1.54) is 24.8 Å². The van der Waals surface area contributed by atoms with Crippen LogP contribution in [0.15, 0.2) is 16.7 Å². The summed E-state index contributed by atoms with van der Waals surface area (Å²) < 4.78 is 1.08. The summed E-state index contributed by atoms with van der Waals surface area (Å²) in [6.45, 7) is 4.34. The fourth-order valence-electron chi connectivity index (χ4n) is 1.92. The number of aryl methyl sites for hydroxylation is 1. The molecule has 1 N–H and O–H groups in total. The summed E-state index contributed by atoms with van der Waals surface area (Å²) in [4.78, 5) is 4.36. The summed E-state index contributed by atoms with van der Waals surface area (Å²) in [7, 11) is 0. The van der Waals surface area contributed by atoms with Crippen LogP contribution in [0, 0.1) is 12.8 Å². The molecule has 1 aliphatic carbocycles. The lowest BCUT2D eigenvalue weighted by Crippen LogP contribution is -2.06. The minimum absolute atomic E-state index is 0.665. The molecule has 1 heterocycles.